The predicted molar refractivity (Wildman–Crippen MR) is 91.6 cm³/mol. The smallest absolute Gasteiger partial charge is 0.211 e. The highest BCUT2D eigenvalue weighted by molar-refractivity contribution is 7.88. The molecule has 0 saturated heterocycles. The molecule has 0 heterocycles. The van der Waals surface area contributed by atoms with Crippen molar-refractivity contribution in [3.8, 4) is 0 Å². The molecule has 0 aliphatic rings. The van der Waals surface area contributed by atoms with E-state index in [-0.39, 0.29) is 18.3 Å². The van der Waals surface area contributed by atoms with Gasteiger partial charge in [0.25, 0.3) is 0 Å². The fourth-order valence-electron chi connectivity index (χ4n) is 2.38. The molecular weight excluding hydrogens is 302 g/mol. The summed E-state index contributed by atoms with van der Waals surface area (Å²) in [5.41, 5.74) is -0.485. The van der Waals surface area contributed by atoms with Crippen LogP contribution in [0.1, 0.15) is 61.3 Å². The van der Waals surface area contributed by atoms with Crippen LogP contribution in [0.2, 0.25) is 0 Å². The molecule has 0 rings (SSSR count). The summed E-state index contributed by atoms with van der Waals surface area (Å²) < 4.78 is 37.4. The fourth-order valence-corrected chi connectivity index (χ4v) is 3.81. The summed E-state index contributed by atoms with van der Waals surface area (Å²) in [4.78, 5) is 0. The van der Waals surface area contributed by atoms with Crippen LogP contribution in [0.4, 0.5) is 0 Å². The van der Waals surface area contributed by atoms with Crippen LogP contribution in [-0.2, 0) is 19.5 Å². The van der Waals surface area contributed by atoms with E-state index < -0.39 is 15.6 Å². The van der Waals surface area contributed by atoms with Gasteiger partial charge in [0.05, 0.1) is 31.2 Å². The normalized spacial score (nSPS) is 15.0. The minimum Gasteiger partial charge on any atom is -0.375 e. The van der Waals surface area contributed by atoms with Gasteiger partial charge in [-0.1, -0.05) is 13.8 Å². The minimum absolute atomic E-state index is 0.0247. The van der Waals surface area contributed by atoms with Crippen molar-refractivity contribution in [3.05, 3.63) is 0 Å². The Kier molecular flexibility index (Phi) is 9.13. The van der Waals surface area contributed by atoms with E-state index in [1.165, 1.54) is 10.6 Å². The number of rotatable bonds is 10. The molecule has 0 fully saturated rings. The Morgan fingerprint density at radius 2 is 1.55 bits per heavy atom. The average Bonchev–Trinajstić information content (AvgIpc) is 2.33. The molecule has 0 saturated carbocycles. The summed E-state index contributed by atoms with van der Waals surface area (Å²) in [5, 5.41) is 0. The molecule has 134 valence electrons. The molecule has 0 spiro atoms. The Hall–Kier alpha value is -0.170. The van der Waals surface area contributed by atoms with Crippen molar-refractivity contribution in [3.63, 3.8) is 0 Å². The third-order valence-corrected chi connectivity index (χ3v) is 4.91. The first-order valence-corrected chi connectivity index (χ1v) is 10.0. The molecule has 1 unspecified atom stereocenters. The summed E-state index contributed by atoms with van der Waals surface area (Å²) >= 11 is 0. The van der Waals surface area contributed by atoms with Gasteiger partial charge in [-0.15, -0.1) is 0 Å². The molecule has 0 aromatic heterocycles. The number of ether oxygens (including phenoxy) is 2. The first-order valence-electron chi connectivity index (χ1n) is 8.16. The van der Waals surface area contributed by atoms with Crippen LogP contribution in [0.3, 0.4) is 0 Å². The number of hydrogen-bond acceptors (Lipinski definition) is 4. The van der Waals surface area contributed by atoms with Crippen molar-refractivity contribution < 1.29 is 17.9 Å². The van der Waals surface area contributed by atoms with Gasteiger partial charge >= 0.3 is 0 Å². The summed E-state index contributed by atoms with van der Waals surface area (Å²) in [6.45, 7) is 14.5. The maximum Gasteiger partial charge on any atom is 0.211 e. The molecular formula is C16H35NO4S. The Bertz CT molecular complexity index is 397. The first-order chi connectivity index (χ1) is 9.91. The zero-order valence-electron chi connectivity index (χ0n) is 15.5. The van der Waals surface area contributed by atoms with Crippen LogP contribution in [0.5, 0.6) is 0 Å². The second-order valence-corrected chi connectivity index (χ2v) is 8.95. The van der Waals surface area contributed by atoms with Crippen LogP contribution < -0.4 is 0 Å². The third kappa shape index (κ3) is 8.46. The van der Waals surface area contributed by atoms with Gasteiger partial charge in [-0.25, -0.2) is 8.42 Å². The van der Waals surface area contributed by atoms with Crippen molar-refractivity contribution in [2.45, 2.75) is 85.2 Å². The van der Waals surface area contributed by atoms with E-state index >= 15 is 0 Å². The molecule has 0 aliphatic heterocycles. The SMILES string of the molecule is CCC(CC)OCC(CN(C(C)(C)C)S(C)(=O)=O)OC(C)C. The Morgan fingerprint density at radius 3 is 1.86 bits per heavy atom. The molecule has 22 heavy (non-hydrogen) atoms. The first kappa shape index (κ1) is 21.8. The maximum atomic E-state index is 12.1. The van der Waals surface area contributed by atoms with E-state index in [4.69, 9.17) is 9.47 Å². The lowest BCUT2D eigenvalue weighted by molar-refractivity contribution is -0.0753. The largest absolute Gasteiger partial charge is 0.375 e. The van der Waals surface area contributed by atoms with Crippen LogP contribution in [-0.4, -0.2) is 56.0 Å². The van der Waals surface area contributed by atoms with Crippen LogP contribution in [0.15, 0.2) is 0 Å². The van der Waals surface area contributed by atoms with Crippen LogP contribution in [0, 0.1) is 0 Å². The molecule has 0 aliphatic carbocycles. The summed E-state index contributed by atoms with van der Waals surface area (Å²) in [7, 11) is -3.31. The van der Waals surface area contributed by atoms with Gasteiger partial charge in [-0.2, -0.15) is 4.31 Å². The quantitative estimate of drug-likeness (QED) is 0.615. The van der Waals surface area contributed by atoms with Crippen LogP contribution in [0.25, 0.3) is 0 Å². The van der Waals surface area contributed by atoms with Gasteiger partial charge in [0.2, 0.25) is 10.0 Å². The van der Waals surface area contributed by atoms with Gasteiger partial charge in [-0.05, 0) is 47.5 Å². The zero-order chi connectivity index (χ0) is 17.6. The molecule has 0 aromatic carbocycles. The third-order valence-electron chi connectivity index (χ3n) is 3.41. The van der Waals surface area contributed by atoms with E-state index in [1.807, 2.05) is 34.6 Å². The van der Waals surface area contributed by atoms with Crippen molar-refractivity contribution in [1.82, 2.24) is 4.31 Å². The molecule has 1 atom stereocenters. The Labute approximate surface area is 137 Å². The zero-order valence-corrected chi connectivity index (χ0v) is 16.4. The van der Waals surface area contributed by atoms with E-state index in [0.29, 0.717) is 13.2 Å². The van der Waals surface area contributed by atoms with E-state index in [2.05, 4.69) is 13.8 Å². The highest BCUT2D eigenvalue weighted by atomic mass is 32.2. The second kappa shape index (κ2) is 9.21. The van der Waals surface area contributed by atoms with E-state index in [0.717, 1.165) is 12.8 Å². The molecule has 0 N–H and O–H groups in total. The molecule has 5 nitrogen and oxygen atoms in total. The van der Waals surface area contributed by atoms with Gasteiger partial charge in [0, 0.05) is 12.1 Å². The maximum absolute atomic E-state index is 12.1. The molecule has 0 bridgehead atoms. The average molecular weight is 338 g/mol. The standard InChI is InChI=1S/C16H35NO4S/c1-9-14(10-2)20-12-15(21-13(3)4)11-17(16(5,6)7)22(8,18)19/h13-15H,9-12H2,1-8H3. The molecule has 0 radical (unpaired) electrons. The van der Waals surface area contributed by atoms with Crippen molar-refractivity contribution in [1.29, 1.82) is 0 Å². The number of nitrogens with zero attached hydrogens (tertiary/aromatic N) is 1. The minimum atomic E-state index is -3.31. The van der Waals surface area contributed by atoms with E-state index in [9.17, 15) is 8.42 Å². The van der Waals surface area contributed by atoms with Crippen molar-refractivity contribution in [2.24, 2.45) is 0 Å². The molecule has 6 heteroatoms. The lowest BCUT2D eigenvalue weighted by Crippen LogP contribution is -2.50. The van der Waals surface area contributed by atoms with Crippen molar-refractivity contribution in [2.75, 3.05) is 19.4 Å². The van der Waals surface area contributed by atoms with Gasteiger partial charge in [0.1, 0.15) is 0 Å². The lowest BCUT2D eigenvalue weighted by Gasteiger charge is -2.36. The van der Waals surface area contributed by atoms with Crippen LogP contribution >= 0.6 is 0 Å². The van der Waals surface area contributed by atoms with Gasteiger partial charge in [0.15, 0.2) is 0 Å². The fraction of sp³-hybridized carbons (Fsp3) is 1.00. The van der Waals surface area contributed by atoms with Gasteiger partial charge in [-0.3, -0.25) is 0 Å². The van der Waals surface area contributed by atoms with E-state index in [1.54, 1.807) is 0 Å². The predicted octanol–water partition coefficient (Wildman–Crippen LogP) is 3.05. The van der Waals surface area contributed by atoms with Crippen molar-refractivity contribution >= 4 is 10.0 Å². The highest BCUT2D eigenvalue weighted by Gasteiger charge is 2.32. The lowest BCUT2D eigenvalue weighted by atomic mass is 10.1. The second-order valence-electron chi connectivity index (χ2n) is 7.04. The summed E-state index contributed by atoms with van der Waals surface area (Å²) in [5.74, 6) is 0. The Balaban J connectivity index is 5.02. The monoisotopic (exact) mass is 337 g/mol. The Morgan fingerprint density at radius 1 is 1.05 bits per heavy atom. The van der Waals surface area contributed by atoms with Gasteiger partial charge < -0.3 is 9.47 Å². The highest BCUT2D eigenvalue weighted by Crippen LogP contribution is 2.19. The topological polar surface area (TPSA) is 55.8 Å². The number of sulfonamides is 1. The molecule has 0 aromatic rings. The summed E-state index contributed by atoms with van der Waals surface area (Å²) in [6, 6.07) is 0. The molecule has 0 amide bonds. The number of hydrogen-bond donors (Lipinski definition) is 0. The summed E-state index contributed by atoms with van der Waals surface area (Å²) in [6.07, 6.45) is 3.08.